The number of aromatic nitrogens is 2. The van der Waals surface area contributed by atoms with Crippen molar-refractivity contribution in [3.63, 3.8) is 0 Å². The Kier molecular flexibility index (Phi) is 8.23. The minimum absolute atomic E-state index is 0.0161. The smallest absolute Gasteiger partial charge is 0.329 e. The van der Waals surface area contributed by atoms with E-state index in [2.05, 4.69) is 10.3 Å². The third-order valence-electron chi connectivity index (χ3n) is 6.84. The van der Waals surface area contributed by atoms with Gasteiger partial charge in [0.25, 0.3) is 5.56 Å². The number of carbonyl (C=O) groups excluding carboxylic acids is 3. The zero-order chi connectivity index (χ0) is 28.1. The van der Waals surface area contributed by atoms with Gasteiger partial charge in [-0.05, 0) is 37.0 Å². The van der Waals surface area contributed by atoms with Crippen LogP contribution in [0.3, 0.4) is 0 Å². The monoisotopic (exact) mass is 535 g/mol. The van der Waals surface area contributed by atoms with Crippen LogP contribution in [0.4, 0.5) is 0 Å². The van der Waals surface area contributed by atoms with Crippen molar-refractivity contribution in [2.24, 2.45) is 5.73 Å². The first-order valence-electron chi connectivity index (χ1n) is 12.6. The summed E-state index contributed by atoms with van der Waals surface area (Å²) in [5, 5.41) is 12.1. The van der Waals surface area contributed by atoms with E-state index in [1.165, 1.54) is 4.90 Å². The largest absolute Gasteiger partial charge is 0.480 e. The fourth-order valence-corrected chi connectivity index (χ4v) is 4.89. The number of fused-ring (bicyclic) bond motifs is 1. The topological polar surface area (TPSA) is 185 Å². The van der Waals surface area contributed by atoms with Gasteiger partial charge in [-0.25, -0.2) is 14.2 Å². The van der Waals surface area contributed by atoms with Crippen molar-refractivity contribution in [3.8, 4) is 0 Å². The van der Waals surface area contributed by atoms with Crippen LogP contribution in [0.1, 0.15) is 37.3 Å². The van der Waals surface area contributed by atoms with Crippen LogP contribution in [0.2, 0.25) is 0 Å². The summed E-state index contributed by atoms with van der Waals surface area (Å²) in [5.41, 5.74) is 4.76. The molecule has 2 heterocycles. The number of rotatable bonds is 10. The molecule has 0 radical (unpaired) electrons. The molecule has 0 unspecified atom stereocenters. The van der Waals surface area contributed by atoms with Crippen LogP contribution in [0.25, 0.3) is 10.9 Å². The number of likely N-dealkylation sites (tertiary alicyclic amines) is 1. The highest BCUT2D eigenvalue weighted by Crippen LogP contribution is 2.24. The summed E-state index contributed by atoms with van der Waals surface area (Å²) in [6.07, 6.45) is 0.305. The van der Waals surface area contributed by atoms with Crippen molar-refractivity contribution in [2.45, 2.75) is 50.2 Å². The number of H-pyrrole nitrogens is 1. The normalized spacial score (nSPS) is 16.5. The van der Waals surface area contributed by atoms with E-state index in [9.17, 15) is 33.9 Å². The number of nitrogens with one attached hydrogen (secondary N) is 2. The Bertz CT molecular complexity index is 1510. The van der Waals surface area contributed by atoms with Crippen molar-refractivity contribution in [2.75, 3.05) is 6.54 Å². The fourth-order valence-electron chi connectivity index (χ4n) is 4.89. The van der Waals surface area contributed by atoms with Crippen molar-refractivity contribution < 1.29 is 24.3 Å². The van der Waals surface area contributed by atoms with E-state index in [1.54, 1.807) is 54.6 Å². The third kappa shape index (κ3) is 6.06. The molecule has 3 atom stereocenters. The Morgan fingerprint density at radius 3 is 2.44 bits per heavy atom. The quantitative estimate of drug-likeness (QED) is 0.287. The zero-order valence-corrected chi connectivity index (χ0v) is 21.0. The first kappa shape index (κ1) is 27.3. The van der Waals surface area contributed by atoms with Crippen LogP contribution in [-0.2, 0) is 25.6 Å². The Morgan fingerprint density at radius 1 is 1.05 bits per heavy atom. The number of carboxylic acid groups (broad SMARTS) is 1. The van der Waals surface area contributed by atoms with Gasteiger partial charge in [0.1, 0.15) is 18.1 Å². The SMILES string of the molecule is NC(=O)CC[C@@H](NC(=O)[C@@H]1CCCN1C(=O)[C@@H](Cc1ccccc1)n1c(=O)[nH]c2ccccc2c1=O)C(=O)O. The number of benzene rings is 2. The lowest BCUT2D eigenvalue weighted by molar-refractivity contribution is -0.145. The molecule has 39 heavy (non-hydrogen) atoms. The van der Waals surface area contributed by atoms with Gasteiger partial charge in [-0.2, -0.15) is 0 Å². The average Bonchev–Trinajstić information content (AvgIpc) is 3.40. The minimum Gasteiger partial charge on any atom is -0.480 e. The van der Waals surface area contributed by atoms with Crippen LogP contribution in [-0.4, -0.2) is 61.9 Å². The van der Waals surface area contributed by atoms with Crippen LogP contribution >= 0.6 is 0 Å². The minimum atomic E-state index is -1.37. The van der Waals surface area contributed by atoms with Gasteiger partial charge < -0.3 is 26.0 Å². The molecule has 1 aliphatic heterocycles. The molecular formula is C27H29N5O7. The molecule has 5 N–H and O–H groups in total. The molecule has 0 spiro atoms. The summed E-state index contributed by atoms with van der Waals surface area (Å²) in [5.74, 6) is -3.35. The molecule has 1 saturated heterocycles. The predicted molar refractivity (Wildman–Crippen MR) is 141 cm³/mol. The van der Waals surface area contributed by atoms with Crippen LogP contribution in [0.15, 0.2) is 64.2 Å². The molecule has 12 nitrogen and oxygen atoms in total. The number of carbonyl (C=O) groups is 4. The molecule has 0 aliphatic carbocycles. The van der Waals surface area contributed by atoms with Gasteiger partial charge in [-0.1, -0.05) is 42.5 Å². The molecule has 2 aromatic carbocycles. The van der Waals surface area contributed by atoms with Crippen molar-refractivity contribution >= 4 is 34.6 Å². The molecular weight excluding hydrogens is 506 g/mol. The third-order valence-corrected chi connectivity index (χ3v) is 6.84. The number of carboxylic acids is 1. The second-order valence-corrected chi connectivity index (χ2v) is 9.45. The van der Waals surface area contributed by atoms with Gasteiger partial charge in [0.2, 0.25) is 17.7 Å². The molecule has 3 aromatic rings. The van der Waals surface area contributed by atoms with Crippen molar-refractivity contribution in [1.82, 2.24) is 19.8 Å². The van der Waals surface area contributed by atoms with Crippen LogP contribution in [0.5, 0.6) is 0 Å². The van der Waals surface area contributed by atoms with Crippen molar-refractivity contribution in [3.05, 3.63) is 81.0 Å². The molecule has 1 fully saturated rings. The maximum absolute atomic E-state index is 14.0. The number of aromatic amines is 1. The number of aliphatic carboxylic acids is 1. The van der Waals surface area contributed by atoms with E-state index in [0.717, 1.165) is 4.57 Å². The van der Waals surface area contributed by atoms with Gasteiger partial charge in [-0.3, -0.25) is 19.2 Å². The Morgan fingerprint density at radius 2 is 1.74 bits per heavy atom. The van der Waals surface area contributed by atoms with E-state index < -0.39 is 53.1 Å². The van der Waals surface area contributed by atoms with Gasteiger partial charge >= 0.3 is 11.7 Å². The maximum Gasteiger partial charge on any atom is 0.329 e. The van der Waals surface area contributed by atoms with Gasteiger partial charge in [0.15, 0.2) is 0 Å². The summed E-state index contributed by atoms with van der Waals surface area (Å²) in [4.78, 5) is 80.4. The number of para-hydroxylation sites is 1. The number of nitrogens with two attached hydrogens (primary N) is 1. The molecule has 0 bridgehead atoms. The number of nitrogens with zero attached hydrogens (tertiary/aromatic N) is 2. The van der Waals surface area contributed by atoms with Crippen LogP contribution in [0, 0.1) is 0 Å². The Hall–Kier alpha value is -4.74. The highest BCUT2D eigenvalue weighted by atomic mass is 16.4. The lowest BCUT2D eigenvalue weighted by atomic mass is 10.0. The number of amides is 3. The number of primary amides is 1. The first-order valence-corrected chi connectivity index (χ1v) is 12.6. The van der Waals surface area contributed by atoms with Gasteiger partial charge in [0, 0.05) is 19.4 Å². The van der Waals surface area contributed by atoms with E-state index in [4.69, 9.17) is 5.73 Å². The molecule has 0 saturated carbocycles. The molecule has 204 valence electrons. The summed E-state index contributed by atoms with van der Waals surface area (Å²) >= 11 is 0. The second-order valence-electron chi connectivity index (χ2n) is 9.45. The lowest BCUT2D eigenvalue weighted by Gasteiger charge is -2.29. The molecule has 1 aliphatic rings. The van der Waals surface area contributed by atoms with Gasteiger partial charge in [0.05, 0.1) is 10.9 Å². The molecule has 1 aromatic heterocycles. The molecule has 3 amide bonds. The van der Waals surface area contributed by atoms with E-state index in [1.807, 2.05) is 0 Å². The second kappa shape index (κ2) is 11.8. The lowest BCUT2D eigenvalue weighted by Crippen LogP contribution is -2.53. The van der Waals surface area contributed by atoms with E-state index in [0.29, 0.717) is 17.5 Å². The first-order chi connectivity index (χ1) is 18.7. The Balaban J connectivity index is 1.68. The van der Waals surface area contributed by atoms with Gasteiger partial charge in [-0.15, -0.1) is 0 Å². The highest BCUT2D eigenvalue weighted by Gasteiger charge is 2.40. The standard InChI is InChI=1S/C27H29N5O7/c28-22(33)13-12-19(26(37)38)29-23(34)20-11-6-14-31(20)25(36)21(15-16-7-2-1-3-8-16)32-24(35)17-9-4-5-10-18(17)30-27(32)39/h1-5,7-10,19-21H,6,11-15H2,(H2,28,33)(H,29,34)(H,30,39)(H,37,38)/t19-,20+,21-/m1/s1. The Labute approximate surface area is 222 Å². The number of hydrogen-bond donors (Lipinski definition) is 4. The maximum atomic E-state index is 14.0. The van der Waals surface area contributed by atoms with E-state index >= 15 is 0 Å². The number of hydrogen-bond acceptors (Lipinski definition) is 6. The zero-order valence-electron chi connectivity index (χ0n) is 21.0. The molecule has 4 rings (SSSR count). The van der Waals surface area contributed by atoms with Crippen molar-refractivity contribution in [1.29, 1.82) is 0 Å². The van der Waals surface area contributed by atoms with E-state index in [-0.39, 0.29) is 37.6 Å². The summed E-state index contributed by atoms with van der Waals surface area (Å²) < 4.78 is 0.887. The van der Waals surface area contributed by atoms with Crippen LogP contribution < -0.4 is 22.3 Å². The summed E-state index contributed by atoms with van der Waals surface area (Å²) in [6.45, 7) is 0.182. The molecule has 12 heteroatoms. The fraction of sp³-hybridized carbons (Fsp3) is 0.333. The summed E-state index contributed by atoms with van der Waals surface area (Å²) in [6, 6.07) is 11.7. The summed E-state index contributed by atoms with van der Waals surface area (Å²) in [7, 11) is 0. The highest BCUT2D eigenvalue weighted by molar-refractivity contribution is 5.92. The predicted octanol–water partition coefficient (Wildman–Crippen LogP) is 0.300. The average molecular weight is 536 g/mol.